The monoisotopic (exact) mass is 747 g/mol. The minimum atomic E-state index is -0.483. The lowest BCUT2D eigenvalue weighted by molar-refractivity contribution is 0.0948. The number of imidazole rings is 1. The van der Waals surface area contributed by atoms with Crippen molar-refractivity contribution in [3.63, 3.8) is 0 Å². The molecule has 12 rings (SSSR count). The number of rotatable bonds is 4. The fourth-order valence-corrected chi connectivity index (χ4v) is 9.15. The van der Waals surface area contributed by atoms with Crippen LogP contribution in [0.15, 0.2) is 164 Å². The number of benzene rings is 7. The van der Waals surface area contributed by atoms with E-state index in [0.29, 0.717) is 23.2 Å². The predicted octanol–water partition coefficient (Wildman–Crippen LogP) is 11.1. The topological polar surface area (TPSA) is 83.4 Å². The van der Waals surface area contributed by atoms with E-state index in [4.69, 9.17) is 19.9 Å². The Labute approximate surface area is 332 Å². The molecular weight excluding hydrogens is 715 g/mol. The molecule has 5 heterocycles. The van der Waals surface area contributed by atoms with Crippen LogP contribution in [0.25, 0.3) is 89.1 Å². The van der Waals surface area contributed by atoms with E-state index in [1.165, 1.54) is 0 Å². The van der Waals surface area contributed by atoms with Crippen LogP contribution in [-0.4, -0.2) is 39.5 Å². The van der Waals surface area contributed by atoms with Crippen molar-refractivity contribution in [3.8, 4) is 34.4 Å². The lowest BCUT2D eigenvalue weighted by atomic mass is 9.78. The van der Waals surface area contributed by atoms with Gasteiger partial charge in [0.2, 0.25) is 5.95 Å². The Morgan fingerprint density at radius 2 is 1.03 bits per heavy atom. The molecule has 0 atom stereocenters. The molecule has 0 radical (unpaired) electrons. The minimum absolute atomic E-state index is 0.0483. The van der Waals surface area contributed by atoms with Gasteiger partial charge in [0.05, 0.1) is 27.6 Å². The van der Waals surface area contributed by atoms with E-state index < -0.39 is 5.41 Å². The number of hydrogen-bond acceptors (Lipinski definition) is 5. The van der Waals surface area contributed by atoms with Gasteiger partial charge >= 0.3 is 0 Å². The van der Waals surface area contributed by atoms with Gasteiger partial charge < -0.3 is 4.57 Å². The lowest BCUT2D eigenvalue weighted by Crippen LogP contribution is -2.35. The highest BCUT2D eigenvalue weighted by atomic mass is 16.2. The zero-order valence-electron chi connectivity index (χ0n) is 31.6. The van der Waals surface area contributed by atoms with Gasteiger partial charge in [-0.05, 0) is 67.9 Å². The van der Waals surface area contributed by atoms with Crippen LogP contribution >= 0.6 is 0 Å². The maximum atomic E-state index is 14.2. The van der Waals surface area contributed by atoms with E-state index in [1.54, 1.807) is 0 Å². The fraction of sp³-hybridized carbons (Fsp3) is 0.0600. The van der Waals surface area contributed by atoms with E-state index in [-0.39, 0.29) is 5.91 Å². The molecule has 1 aliphatic rings. The van der Waals surface area contributed by atoms with Crippen molar-refractivity contribution in [3.05, 3.63) is 181 Å². The standard InChI is InChI=1S/C50H33N7O/c1-50(2)38-22-12-9-21-36(38)47(58)57-42-28-26-35-33-19-10-13-23-39(33)55(44(35)43(42)51-48(50)57)32-25-27-41-37(29-32)34-20-11-14-24-40(34)56(41)49-53-45(30-15-5-3-6-16-30)52-46(54-49)31-17-7-4-8-18-31/h3-29H,1-2H3. The van der Waals surface area contributed by atoms with Crippen LogP contribution in [0, 0.1) is 0 Å². The van der Waals surface area contributed by atoms with Crippen molar-refractivity contribution in [1.82, 2.24) is 33.6 Å². The molecule has 0 N–H and O–H groups in total. The van der Waals surface area contributed by atoms with Crippen LogP contribution < -0.4 is 0 Å². The molecule has 0 saturated heterocycles. The molecule has 1 aliphatic heterocycles. The Balaban J connectivity index is 1.12. The molecule has 0 fully saturated rings. The fourth-order valence-electron chi connectivity index (χ4n) is 9.15. The summed E-state index contributed by atoms with van der Waals surface area (Å²) in [6.45, 7) is 4.31. The molecule has 274 valence electrons. The molecule has 0 amide bonds. The van der Waals surface area contributed by atoms with Crippen molar-refractivity contribution in [1.29, 1.82) is 0 Å². The van der Waals surface area contributed by atoms with Gasteiger partial charge in [-0.25, -0.2) is 9.97 Å². The Kier molecular flexibility index (Phi) is 6.67. The summed E-state index contributed by atoms with van der Waals surface area (Å²) in [4.78, 5) is 34.8. The van der Waals surface area contributed by atoms with Gasteiger partial charge in [0, 0.05) is 49.3 Å². The summed E-state index contributed by atoms with van der Waals surface area (Å²) >= 11 is 0. The van der Waals surface area contributed by atoms with Gasteiger partial charge in [-0.3, -0.25) is 13.9 Å². The number of carbonyl (C=O) groups is 1. The highest BCUT2D eigenvalue weighted by Gasteiger charge is 2.40. The lowest BCUT2D eigenvalue weighted by Gasteiger charge is -2.31. The van der Waals surface area contributed by atoms with Gasteiger partial charge in [0.25, 0.3) is 5.91 Å². The summed E-state index contributed by atoms with van der Waals surface area (Å²) in [5, 5.41) is 4.34. The van der Waals surface area contributed by atoms with E-state index in [2.05, 4.69) is 108 Å². The summed E-state index contributed by atoms with van der Waals surface area (Å²) in [6, 6.07) is 55.7. The van der Waals surface area contributed by atoms with Crippen LogP contribution in [0.5, 0.6) is 0 Å². The molecule has 8 nitrogen and oxygen atoms in total. The van der Waals surface area contributed by atoms with Crippen molar-refractivity contribution in [2.75, 3.05) is 0 Å². The third-order valence-electron chi connectivity index (χ3n) is 11.9. The second-order valence-electron chi connectivity index (χ2n) is 15.5. The predicted molar refractivity (Wildman–Crippen MR) is 231 cm³/mol. The highest BCUT2D eigenvalue weighted by Crippen LogP contribution is 2.43. The second kappa shape index (κ2) is 11.9. The van der Waals surface area contributed by atoms with E-state index >= 15 is 0 Å². The Bertz CT molecular complexity index is 3440. The van der Waals surface area contributed by atoms with Crippen molar-refractivity contribution in [2.24, 2.45) is 0 Å². The van der Waals surface area contributed by atoms with Crippen molar-refractivity contribution >= 4 is 60.6 Å². The maximum Gasteiger partial charge on any atom is 0.264 e. The van der Waals surface area contributed by atoms with E-state index in [1.807, 2.05) is 83.4 Å². The van der Waals surface area contributed by atoms with Crippen molar-refractivity contribution in [2.45, 2.75) is 19.3 Å². The average molecular weight is 748 g/mol. The van der Waals surface area contributed by atoms with Crippen LogP contribution in [0.3, 0.4) is 0 Å². The first-order chi connectivity index (χ1) is 28.5. The molecule has 4 aromatic heterocycles. The molecular formula is C50H33N7O. The van der Waals surface area contributed by atoms with Gasteiger partial charge in [0.15, 0.2) is 11.6 Å². The first-order valence-corrected chi connectivity index (χ1v) is 19.5. The summed E-state index contributed by atoms with van der Waals surface area (Å²) in [5.74, 6) is 2.45. The summed E-state index contributed by atoms with van der Waals surface area (Å²) < 4.78 is 6.29. The first-order valence-electron chi connectivity index (χ1n) is 19.5. The summed E-state index contributed by atoms with van der Waals surface area (Å²) in [7, 11) is 0. The number of para-hydroxylation sites is 2. The smallest absolute Gasteiger partial charge is 0.264 e. The van der Waals surface area contributed by atoms with Gasteiger partial charge in [-0.1, -0.05) is 115 Å². The van der Waals surface area contributed by atoms with Gasteiger partial charge in [-0.15, -0.1) is 0 Å². The van der Waals surface area contributed by atoms with Crippen molar-refractivity contribution < 1.29 is 4.79 Å². The number of aromatic nitrogens is 7. The Hall–Kier alpha value is -7.71. The molecule has 7 aromatic carbocycles. The molecule has 8 heteroatoms. The SMILES string of the molecule is CC1(C)c2ccccc2C(=O)n2c1nc1c2ccc2c3ccccc3n(-c3ccc4c(c3)c3ccccc3n4-c3nc(-c4ccccc4)nc(-c4ccccc4)n3)c21. The highest BCUT2D eigenvalue weighted by molar-refractivity contribution is 6.19. The molecule has 11 aromatic rings. The van der Waals surface area contributed by atoms with E-state index in [0.717, 1.165) is 82.8 Å². The third kappa shape index (κ3) is 4.48. The molecule has 0 saturated carbocycles. The zero-order chi connectivity index (χ0) is 38.7. The first kappa shape index (κ1) is 32.5. The zero-order valence-corrected chi connectivity index (χ0v) is 31.6. The quantitative estimate of drug-likeness (QED) is 0.179. The molecule has 58 heavy (non-hydrogen) atoms. The van der Waals surface area contributed by atoms with Crippen LogP contribution in [0.2, 0.25) is 0 Å². The molecule has 0 spiro atoms. The van der Waals surface area contributed by atoms with Crippen LogP contribution in [0.4, 0.5) is 0 Å². The summed E-state index contributed by atoms with van der Waals surface area (Å²) in [5.41, 5.74) is 9.63. The molecule has 0 unspecified atom stereocenters. The number of hydrogen-bond donors (Lipinski definition) is 0. The molecule has 0 bridgehead atoms. The normalized spacial score (nSPS) is 13.5. The Morgan fingerprint density at radius 1 is 0.466 bits per heavy atom. The van der Waals surface area contributed by atoms with Gasteiger partial charge in [-0.2, -0.15) is 9.97 Å². The third-order valence-corrected chi connectivity index (χ3v) is 11.9. The Morgan fingerprint density at radius 3 is 1.74 bits per heavy atom. The minimum Gasteiger partial charge on any atom is -0.307 e. The second-order valence-corrected chi connectivity index (χ2v) is 15.5. The maximum absolute atomic E-state index is 14.2. The average Bonchev–Trinajstić information content (AvgIpc) is 3.95. The largest absolute Gasteiger partial charge is 0.307 e. The van der Waals surface area contributed by atoms with Crippen LogP contribution in [0.1, 0.15) is 35.6 Å². The van der Waals surface area contributed by atoms with E-state index in [9.17, 15) is 4.79 Å². The number of carbonyl (C=O) groups excluding carboxylic acids is 1. The van der Waals surface area contributed by atoms with Gasteiger partial charge in [0.1, 0.15) is 11.3 Å². The summed E-state index contributed by atoms with van der Waals surface area (Å²) in [6.07, 6.45) is 0. The number of fused-ring (bicyclic) bond motifs is 11. The van der Waals surface area contributed by atoms with Crippen LogP contribution in [-0.2, 0) is 5.41 Å². The number of nitrogens with zero attached hydrogens (tertiary/aromatic N) is 7. The molecule has 0 aliphatic carbocycles.